The number of hydrogen-bond acceptors (Lipinski definition) is 6. The highest BCUT2D eigenvalue weighted by molar-refractivity contribution is 6.11. The molecule has 170 valence electrons. The number of nitrogens with one attached hydrogen (secondary N) is 3. The minimum Gasteiger partial charge on any atom is -0.507 e. The van der Waals surface area contributed by atoms with Crippen molar-refractivity contribution < 1.29 is 10.2 Å². The van der Waals surface area contributed by atoms with Crippen LogP contribution in [0.3, 0.4) is 0 Å². The summed E-state index contributed by atoms with van der Waals surface area (Å²) < 4.78 is 0. The Morgan fingerprint density at radius 2 is 1.69 bits per heavy atom. The summed E-state index contributed by atoms with van der Waals surface area (Å²) in [6.45, 7) is 8.73. The number of rotatable bonds is 5. The predicted octanol–water partition coefficient (Wildman–Crippen LogP) is 4.30. The van der Waals surface area contributed by atoms with Gasteiger partial charge in [-0.3, -0.25) is 10.4 Å². The highest BCUT2D eigenvalue weighted by Gasteiger charge is 2.39. The standard InChI is InChI=1S/C25H33N5O2/c1-24(2)12-18(13-25(3,4)29-24)30(5)23(27)9-8-21(26)20-7-6-16(11-22(20)32)17-10-19(31)15-28-14-17/h6-11,14-15,18,26-27,29,31-32H,12-13H2,1-5H3/b9-8-,26-21?,27-23?. The number of allylic oxidation sites excluding steroid dienone is 1. The Bertz CT molecular complexity index is 1040. The summed E-state index contributed by atoms with van der Waals surface area (Å²) in [7, 11) is 1.92. The van der Waals surface area contributed by atoms with E-state index in [4.69, 9.17) is 10.8 Å². The van der Waals surface area contributed by atoms with Gasteiger partial charge in [0.05, 0.1) is 11.9 Å². The molecule has 0 aliphatic carbocycles. The number of nitrogens with zero attached hydrogens (tertiary/aromatic N) is 2. The Balaban J connectivity index is 1.71. The van der Waals surface area contributed by atoms with Crippen molar-refractivity contribution in [3.63, 3.8) is 0 Å². The molecule has 0 amide bonds. The van der Waals surface area contributed by atoms with Gasteiger partial charge in [0.2, 0.25) is 0 Å². The van der Waals surface area contributed by atoms with Crippen molar-refractivity contribution >= 4 is 11.5 Å². The van der Waals surface area contributed by atoms with Crippen molar-refractivity contribution in [2.45, 2.75) is 57.7 Å². The van der Waals surface area contributed by atoms with Gasteiger partial charge < -0.3 is 25.8 Å². The van der Waals surface area contributed by atoms with Crippen LogP contribution in [-0.2, 0) is 0 Å². The molecule has 1 aliphatic rings. The highest BCUT2D eigenvalue weighted by Crippen LogP contribution is 2.31. The van der Waals surface area contributed by atoms with Gasteiger partial charge in [-0.15, -0.1) is 0 Å². The zero-order valence-electron chi connectivity index (χ0n) is 19.4. The summed E-state index contributed by atoms with van der Waals surface area (Å²) in [6.07, 6.45) is 7.94. The number of benzene rings is 1. The minimum absolute atomic E-state index is 0.0179. The van der Waals surface area contributed by atoms with Gasteiger partial charge in [0, 0.05) is 41.5 Å². The van der Waals surface area contributed by atoms with Crippen molar-refractivity contribution in [3.8, 4) is 22.6 Å². The summed E-state index contributed by atoms with van der Waals surface area (Å²) in [5.74, 6) is 0.335. The van der Waals surface area contributed by atoms with Gasteiger partial charge in [-0.05, 0) is 76.5 Å². The first-order chi connectivity index (χ1) is 14.9. The topological polar surface area (TPSA) is 116 Å². The molecule has 0 atom stereocenters. The second kappa shape index (κ2) is 8.74. The lowest BCUT2D eigenvalue weighted by atomic mass is 9.79. The molecule has 32 heavy (non-hydrogen) atoms. The van der Waals surface area contributed by atoms with Crippen LogP contribution in [0.25, 0.3) is 11.1 Å². The lowest BCUT2D eigenvalue weighted by molar-refractivity contribution is 0.114. The predicted molar refractivity (Wildman–Crippen MR) is 129 cm³/mol. The molecule has 7 heteroatoms. The van der Waals surface area contributed by atoms with Crippen LogP contribution in [0, 0.1) is 10.8 Å². The fourth-order valence-electron chi connectivity index (χ4n) is 4.63. The van der Waals surface area contributed by atoms with Crippen LogP contribution in [-0.4, -0.2) is 55.8 Å². The molecule has 5 N–H and O–H groups in total. The van der Waals surface area contributed by atoms with Crippen molar-refractivity contribution in [1.82, 2.24) is 15.2 Å². The van der Waals surface area contributed by atoms with Crippen molar-refractivity contribution in [1.29, 1.82) is 10.8 Å². The van der Waals surface area contributed by atoms with Crippen LogP contribution in [0.5, 0.6) is 11.5 Å². The number of piperidine rings is 1. The van der Waals surface area contributed by atoms with Gasteiger partial charge in [0.15, 0.2) is 0 Å². The molecule has 1 aromatic carbocycles. The third kappa shape index (κ3) is 5.53. The molecule has 7 nitrogen and oxygen atoms in total. The van der Waals surface area contributed by atoms with Crippen LogP contribution < -0.4 is 5.32 Å². The lowest BCUT2D eigenvalue weighted by Crippen LogP contribution is -2.62. The van der Waals surface area contributed by atoms with Crippen LogP contribution in [0.2, 0.25) is 0 Å². The first kappa shape index (κ1) is 23.5. The first-order valence-corrected chi connectivity index (χ1v) is 10.7. The maximum absolute atomic E-state index is 10.5. The molecule has 1 aromatic heterocycles. The summed E-state index contributed by atoms with van der Waals surface area (Å²) >= 11 is 0. The third-order valence-corrected chi connectivity index (χ3v) is 5.85. The third-order valence-electron chi connectivity index (χ3n) is 5.85. The average Bonchev–Trinajstić information content (AvgIpc) is 2.68. The largest absolute Gasteiger partial charge is 0.507 e. The zero-order chi connectivity index (χ0) is 23.7. The molecule has 0 spiro atoms. The fourth-order valence-corrected chi connectivity index (χ4v) is 4.63. The van der Waals surface area contributed by atoms with Gasteiger partial charge in [-0.25, -0.2) is 0 Å². The van der Waals surface area contributed by atoms with E-state index >= 15 is 0 Å². The second-order valence-corrected chi connectivity index (χ2v) is 9.86. The van der Waals surface area contributed by atoms with Crippen molar-refractivity contribution in [2.24, 2.45) is 0 Å². The Kier molecular flexibility index (Phi) is 6.41. The summed E-state index contributed by atoms with van der Waals surface area (Å²) in [5.41, 5.74) is 1.82. The van der Waals surface area contributed by atoms with Gasteiger partial charge in [-0.2, -0.15) is 0 Å². The van der Waals surface area contributed by atoms with Gasteiger partial charge in [0.25, 0.3) is 0 Å². The van der Waals surface area contributed by atoms with Crippen LogP contribution in [0.4, 0.5) is 0 Å². The summed E-state index contributed by atoms with van der Waals surface area (Å²) in [4.78, 5) is 5.92. The highest BCUT2D eigenvalue weighted by atomic mass is 16.3. The van der Waals surface area contributed by atoms with E-state index in [1.54, 1.807) is 42.6 Å². The Morgan fingerprint density at radius 3 is 2.28 bits per heavy atom. The number of hydrogen-bond donors (Lipinski definition) is 5. The number of likely N-dealkylation sites (N-methyl/N-ethyl adjacent to an activating group) is 1. The second-order valence-electron chi connectivity index (χ2n) is 9.86. The molecule has 1 saturated heterocycles. The van der Waals surface area contributed by atoms with Crippen LogP contribution in [0.15, 0.2) is 48.8 Å². The molecular weight excluding hydrogens is 402 g/mol. The number of aromatic hydroxyl groups is 2. The Hall–Kier alpha value is -3.19. The Morgan fingerprint density at radius 1 is 1.03 bits per heavy atom. The van der Waals surface area contributed by atoms with Crippen molar-refractivity contribution in [2.75, 3.05) is 7.05 Å². The van der Waals surface area contributed by atoms with E-state index in [0.29, 0.717) is 22.5 Å². The molecule has 3 rings (SSSR count). The number of aromatic nitrogens is 1. The normalized spacial score (nSPS) is 17.9. The summed E-state index contributed by atoms with van der Waals surface area (Å²) in [5, 5.41) is 40.6. The van der Waals surface area contributed by atoms with Crippen LogP contribution >= 0.6 is 0 Å². The van der Waals surface area contributed by atoms with Gasteiger partial charge in [-0.1, -0.05) is 6.07 Å². The molecule has 1 aliphatic heterocycles. The molecule has 0 bridgehead atoms. The minimum atomic E-state index is -0.0396. The van der Waals surface area contributed by atoms with E-state index in [2.05, 4.69) is 38.0 Å². The van der Waals surface area contributed by atoms with Crippen molar-refractivity contribution in [3.05, 3.63) is 54.4 Å². The SMILES string of the molecule is CN(C(=N)/C=C\C(=N)c1ccc(-c2cncc(O)c2)cc1O)C1CC(C)(C)NC(C)(C)C1. The molecule has 0 unspecified atom stereocenters. The van der Waals surface area contributed by atoms with E-state index in [1.807, 2.05) is 11.9 Å². The molecule has 0 saturated carbocycles. The van der Waals surface area contributed by atoms with E-state index in [-0.39, 0.29) is 34.3 Å². The molecule has 2 aromatic rings. The van der Waals surface area contributed by atoms with Gasteiger partial charge in [0.1, 0.15) is 17.3 Å². The molecule has 0 radical (unpaired) electrons. The monoisotopic (exact) mass is 435 g/mol. The fraction of sp³-hybridized carbons (Fsp3) is 0.400. The number of pyridine rings is 1. The zero-order valence-corrected chi connectivity index (χ0v) is 19.4. The smallest absolute Gasteiger partial charge is 0.134 e. The Labute approximate surface area is 189 Å². The van der Waals surface area contributed by atoms with Crippen LogP contribution in [0.1, 0.15) is 46.1 Å². The first-order valence-electron chi connectivity index (χ1n) is 10.7. The quantitative estimate of drug-likeness (QED) is 0.355. The maximum Gasteiger partial charge on any atom is 0.134 e. The van der Waals surface area contributed by atoms with E-state index < -0.39 is 0 Å². The number of amidine groups is 1. The molecular formula is C25H33N5O2. The number of phenols is 1. The number of phenolic OH excluding ortho intramolecular Hbond substituents is 1. The van der Waals surface area contributed by atoms with E-state index in [1.165, 1.54) is 6.20 Å². The average molecular weight is 436 g/mol. The molecule has 2 heterocycles. The lowest BCUT2D eigenvalue weighted by Gasteiger charge is -2.49. The maximum atomic E-state index is 10.5. The molecule has 1 fully saturated rings. The van der Waals surface area contributed by atoms with E-state index in [9.17, 15) is 10.2 Å². The van der Waals surface area contributed by atoms with E-state index in [0.717, 1.165) is 12.8 Å². The van der Waals surface area contributed by atoms with Gasteiger partial charge >= 0.3 is 0 Å². The summed E-state index contributed by atoms with van der Waals surface area (Å²) in [6, 6.07) is 6.76.